The predicted molar refractivity (Wildman–Crippen MR) is 86.1 cm³/mol. The molecule has 3 aromatic rings. The van der Waals surface area contributed by atoms with Crippen LogP contribution in [0.25, 0.3) is 11.1 Å². The van der Waals surface area contributed by atoms with Gasteiger partial charge in [-0.25, -0.2) is 0 Å². The van der Waals surface area contributed by atoms with Gasteiger partial charge in [0, 0.05) is 5.75 Å². The highest BCUT2D eigenvalue weighted by Gasteiger charge is 2.04. The zero-order valence-corrected chi connectivity index (χ0v) is 12.7. The van der Waals surface area contributed by atoms with Crippen molar-refractivity contribution in [3.63, 3.8) is 0 Å². The predicted octanol–water partition coefficient (Wildman–Crippen LogP) is 4.37. The van der Waals surface area contributed by atoms with E-state index in [9.17, 15) is 0 Å². The van der Waals surface area contributed by atoms with Crippen LogP contribution >= 0.6 is 23.1 Å². The Morgan fingerprint density at radius 2 is 1.90 bits per heavy atom. The van der Waals surface area contributed by atoms with Gasteiger partial charge < -0.3 is 0 Å². The van der Waals surface area contributed by atoms with Crippen LogP contribution in [0.1, 0.15) is 11.1 Å². The van der Waals surface area contributed by atoms with E-state index in [-0.39, 0.29) is 0 Å². The van der Waals surface area contributed by atoms with Gasteiger partial charge in [-0.05, 0) is 22.8 Å². The van der Waals surface area contributed by atoms with E-state index in [4.69, 9.17) is 5.26 Å². The molecule has 3 rings (SSSR count). The zero-order valence-electron chi connectivity index (χ0n) is 11.1. The minimum absolute atomic E-state index is 0.702. The third-order valence-electron chi connectivity index (χ3n) is 3.01. The van der Waals surface area contributed by atoms with Gasteiger partial charge in [0.2, 0.25) is 0 Å². The van der Waals surface area contributed by atoms with E-state index in [2.05, 4.69) is 40.5 Å². The van der Waals surface area contributed by atoms with Gasteiger partial charge >= 0.3 is 0 Å². The van der Waals surface area contributed by atoms with E-state index < -0.39 is 0 Å². The minimum atomic E-state index is 0.702. The second kappa shape index (κ2) is 6.53. The highest BCUT2D eigenvalue weighted by atomic mass is 32.2. The van der Waals surface area contributed by atoms with Crippen molar-refractivity contribution in [2.24, 2.45) is 0 Å². The third-order valence-corrected chi connectivity index (χ3v) is 4.95. The summed E-state index contributed by atoms with van der Waals surface area (Å²) in [7, 11) is 0. The first-order chi connectivity index (χ1) is 10.4. The first-order valence-corrected chi connectivity index (χ1v) is 8.21. The van der Waals surface area contributed by atoms with Crippen molar-refractivity contribution >= 4 is 23.1 Å². The molecule has 0 fully saturated rings. The Labute approximate surface area is 131 Å². The Morgan fingerprint density at radius 3 is 2.62 bits per heavy atom. The summed E-state index contributed by atoms with van der Waals surface area (Å²) in [4.78, 5) is 0. The van der Waals surface area contributed by atoms with Gasteiger partial charge in [-0.1, -0.05) is 65.6 Å². The second-order valence-corrected chi connectivity index (χ2v) is 6.40. The van der Waals surface area contributed by atoms with Gasteiger partial charge in [0.25, 0.3) is 0 Å². The summed E-state index contributed by atoms with van der Waals surface area (Å²) in [6, 6.07) is 18.2. The van der Waals surface area contributed by atoms with Gasteiger partial charge in [-0.2, -0.15) is 5.26 Å². The molecule has 0 saturated heterocycles. The number of rotatable bonds is 4. The largest absolute Gasteiger partial charge is 0.192 e. The number of hydrogen-bond acceptors (Lipinski definition) is 5. The zero-order chi connectivity index (χ0) is 14.5. The molecule has 0 amide bonds. The van der Waals surface area contributed by atoms with Crippen LogP contribution in [0.4, 0.5) is 0 Å². The monoisotopic (exact) mass is 309 g/mol. The third kappa shape index (κ3) is 3.30. The Hall–Kier alpha value is -2.16. The van der Waals surface area contributed by atoms with Crippen LogP contribution in [0.5, 0.6) is 0 Å². The second-order valence-electron chi connectivity index (χ2n) is 4.35. The number of benzene rings is 2. The Balaban J connectivity index is 1.76. The molecule has 0 aliphatic heterocycles. The van der Waals surface area contributed by atoms with Gasteiger partial charge in [-0.3, -0.25) is 0 Å². The van der Waals surface area contributed by atoms with E-state index in [1.165, 1.54) is 5.56 Å². The molecule has 1 aromatic heterocycles. The summed E-state index contributed by atoms with van der Waals surface area (Å²) in [5, 5.41) is 17.0. The highest BCUT2D eigenvalue weighted by molar-refractivity contribution is 8.00. The molecule has 102 valence electrons. The van der Waals surface area contributed by atoms with E-state index in [1.807, 2.05) is 24.3 Å². The summed E-state index contributed by atoms with van der Waals surface area (Å²) in [6.45, 7) is 0. The Kier molecular flexibility index (Phi) is 4.29. The molecule has 0 aliphatic carbocycles. The Morgan fingerprint density at radius 1 is 1.10 bits per heavy atom. The molecule has 0 N–H and O–H groups in total. The van der Waals surface area contributed by atoms with E-state index >= 15 is 0 Å². The fourth-order valence-corrected chi connectivity index (χ4v) is 3.43. The molecule has 5 heteroatoms. The van der Waals surface area contributed by atoms with Crippen molar-refractivity contribution < 1.29 is 0 Å². The summed E-state index contributed by atoms with van der Waals surface area (Å²) in [6.07, 6.45) is 0. The molecule has 0 spiro atoms. The smallest absolute Gasteiger partial charge is 0.174 e. The molecule has 3 nitrogen and oxygen atoms in total. The molecule has 0 bridgehead atoms. The average Bonchev–Trinajstić information content (AvgIpc) is 3.07. The molecule has 21 heavy (non-hydrogen) atoms. The molecule has 0 saturated carbocycles. The highest BCUT2D eigenvalue weighted by Crippen LogP contribution is 2.27. The van der Waals surface area contributed by atoms with Gasteiger partial charge in [-0.15, -0.1) is 10.2 Å². The number of nitriles is 1. The lowest BCUT2D eigenvalue weighted by Gasteiger charge is -2.05. The maximum Gasteiger partial charge on any atom is 0.174 e. The van der Waals surface area contributed by atoms with E-state index in [1.54, 1.807) is 28.6 Å². The fraction of sp³-hybridized carbons (Fsp3) is 0.0625. The molecule has 0 unspecified atom stereocenters. The number of thioether (sulfide) groups is 1. The molecule has 0 atom stereocenters. The van der Waals surface area contributed by atoms with Crippen LogP contribution in [0.15, 0.2) is 58.4 Å². The molecule has 1 heterocycles. The van der Waals surface area contributed by atoms with Crippen molar-refractivity contribution in [2.75, 3.05) is 0 Å². The van der Waals surface area contributed by atoms with Gasteiger partial charge in [0.15, 0.2) is 4.34 Å². The van der Waals surface area contributed by atoms with Crippen molar-refractivity contribution in [2.45, 2.75) is 10.1 Å². The normalized spacial score (nSPS) is 10.2. The standard InChI is InChI=1S/C16H11N3S2/c17-9-14-3-1-2-4-15(14)13-7-5-12(6-8-13)10-20-16-19-18-11-21-16/h1-8,11H,10H2. The molecule has 0 aliphatic rings. The topological polar surface area (TPSA) is 49.6 Å². The number of hydrogen-bond donors (Lipinski definition) is 0. The van der Waals surface area contributed by atoms with Crippen LogP contribution in [0.3, 0.4) is 0 Å². The summed E-state index contributed by atoms with van der Waals surface area (Å²) in [5.41, 5.74) is 5.71. The van der Waals surface area contributed by atoms with Gasteiger partial charge in [0.05, 0.1) is 11.6 Å². The van der Waals surface area contributed by atoms with E-state index in [0.29, 0.717) is 5.56 Å². The quantitative estimate of drug-likeness (QED) is 0.671. The van der Waals surface area contributed by atoms with E-state index in [0.717, 1.165) is 21.2 Å². The first-order valence-electron chi connectivity index (χ1n) is 6.34. The van der Waals surface area contributed by atoms with Crippen molar-refractivity contribution in [3.05, 3.63) is 65.2 Å². The molecule has 0 radical (unpaired) electrons. The summed E-state index contributed by atoms with van der Waals surface area (Å²) >= 11 is 3.23. The van der Waals surface area contributed by atoms with Crippen LogP contribution in [-0.2, 0) is 5.75 Å². The average molecular weight is 309 g/mol. The van der Waals surface area contributed by atoms with Crippen molar-refractivity contribution in [1.29, 1.82) is 5.26 Å². The van der Waals surface area contributed by atoms with Crippen molar-refractivity contribution in [1.82, 2.24) is 10.2 Å². The minimum Gasteiger partial charge on any atom is -0.192 e. The maximum absolute atomic E-state index is 9.16. The number of aromatic nitrogens is 2. The van der Waals surface area contributed by atoms with Crippen LogP contribution in [0.2, 0.25) is 0 Å². The number of nitrogens with zero attached hydrogens (tertiary/aromatic N) is 3. The van der Waals surface area contributed by atoms with Gasteiger partial charge in [0.1, 0.15) is 5.51 Å². The van der Waals surface area contributed by atoms with Crippen LogP contribution in [0, 0.1) is 11.3 Å². The van der Waals surface area contributed by atoms with Crippen LogP contribution < -0.4 is 0 Å². The molecular formula is C16H11N3S2. The summed E-state index contributed by atoms with van der Waals surface area (Å²) in [5.74, 6) is 0.870. The maximum atomic E-state index is 9.16. The van der Waals surface area contributed by atoms with Crippen molar-refractivity contribution in [3.8, 4) is 17.2 Å². The lowest BCUT2D eigenvalue weighted by Crippen LogP contribution is -1.85. The fourth-order valence-electron chi connectivity index (χ4n) is 1.98. The SMILES string of the molecule is N#Cc1ccccc1-c1ccc(CSc2nncs2)cc1. The Bertz CT molecular complexity index is 759. The lowest BCUT2D eigenvalue weighted by molar-refractivity contribution is 1.01. The molecule has 2 aromatic carbocycles. The summed E-state index contributed by atoms with van der Waals surface area (Å²) < 4.78 is 0.980. The lowest BCUT2D eigenvalue weighted by atomic mass is 10.00. The first kappa shape index (κ1) is 13.8. The molecular weight excluding hydrogens is 298 g/mol. The van der Waals surface area contributed by atoms with Crippen LogP contribution in [-0.4, -0.2) is 10.2 Å².